The molecule has 1 saturated heterocycles. The predicted octanol–water partition coefficient (Wildman–Crippen LogP) is 1.15. The lowest BCUT2D eigenvalue weighted by atomic mass is 10.1. The van der Waals surface area contributed by atoms with E-state index in [2.05, 4.69) is 5.32 Å². The van der Waals surface area contributed by atoms with Crippen LogP contribution in [0.2, 0.25) is 0 Å². The van der Waals surface area contributed by atoms with Crippen LogP contribution in [0.25, 0.3) is 0 Å². The van der Waals surface area contributed by atoms with Gasteiger partial charge in [0.1, 0.15) is 0 Å². The minimum absolute atomic E-state index is 0.101. The second-order valence-electron chi connectivity index (χ2n) is 5.16. The number of rotatable bonds is 5. The number of hydrogen-bond donors (Lipinski definition) is 2. The molecule has 1 aliphatic rings. The van der Waals surface area contributed by atoms with E-state index in [4.69, 9.17) is 5.11 Å². The number of carboxylic acid groups (broad SMARTS) is 1. The molecule has 1 aliphatic heterocycles. The van der Waals surface area contributed by atoms with Crippen molar-refractivity contribution in [1.29, 1.82) is 0 Å². The second-order valence-corrected chi connectivity index (χ2v) is 5.16. The molecule has 0 unspecified atom stereocenters. The zero-order chi connectivity index (χ0) is 16.1. The molecule has 0 aliphatic carbocycles. The van der Waals surface area contributed by atoms with E-state index in [0.29, 0.717) is 24.3 Å². The molecule has 7 heteroatoms. The fourth-order valence-corrected chi connectivity index (χ4v) is 2.27. The third kappa shape index (κ3) is 3.75. The number of hydrogen-bond acceptors (Lipinski definition) is 3. The third-order valence-corrected chi connectivity index (χ3v) is 3.49. The maximum absolute atomic E-state index is 12.3. The molecule has 1 aromatic rings. The number of anilines is 1. The lowest BCUT2D eigenvalue weighted by Crippen LogP contribution is -2.46. The maximum Gasteiger partial charge on any atom is 0.321 e. The number of benzene rings is 1. The fourth-order valence-electron chi connectivity index (χ4n) is 2.27. The minimum atomic E-state index is -0.946. The van der Waals surface area contributed by atoms with Crippen molar-refractivity contribution >= 4 is 23.6 Å². The first-order valence-corrected chi connectivity index (χ1v) is 7.11. The average molecular weight is 305 g/mol. The van der Waals surface area contributed by atoms with Gasteiger partial charge in [0.15, 0.2) is 0 Å². The SMILES string of the molecule is CN(CCC(=O)O)C(=O)c1cccc(N2CCCNC2=O)c1. The Morgan fingerprint density at radius 2 is 2.18 bits per heavy atom. The normalized spacial score (nSPS) is 14.4. The van der Waals surface area contributed by atoms with Gasteiger partial charge in [-0.05, 0) is 24.6 Å². The van der Waals surface area contributed by atoms with Crippen molar-refractivity contribution in [3.63, 3.8) is 0 Å². The summed E-state index contributed by atoms with van der Waals surface area (Å²) in [7, 11) is 1.56. The summed E-state index contributed by atoms with van der Waals surface area (Å²) in [5, 5.41) is 11.4. The van der Waals surface area contributed by atoms with Gasteiger partial charge >= 0.3 is 12.0 Å². The molecule has 0 aromatic heterocycles. The van der Waals surface area contributed by atoms with Gasteiger partial charge < -0.3 is 15.3 Å². The molecule has 3 amide bonds. The summed E-state index contributed by atoms with van der Waals surface area (Å²) in [6.45, 7) is 1.41. The highest BCUT2D eigenvalue weighted by Gasteiger charge is 2.20. The summed E-state index contributed by atoms with van der Waals surface area (Å²) in [6.07, 6.45) is 0.749. The van der Waals surface area contributed by atoms with E-state index in [-0.39, 0.29) is 24.9 Å². The largest absolute Gasteiger partial charge is 0.481 e. The summed E-state index contributed by atoms with van der Waals surface area (Å²) < 4.78 is 0. The van der Waals surface area contributed by atoms with Crippen LogP contribution >= 0.6 is 0 Å². The van der Waals surface area contributed by atoms with Crippen LogP contribution in [-0.4, -0.2) is 54.6 Å². The number of nitrogens with zero attached hydrogens (tertiary/aromatic N) is 2. The molecule has 0 atom stereocenters. The molecule has 0 spiro atoms. The highest BCUT2D eigenvalue weighted by Crippen LogP contribution is 2.19. The van der Waals surface area contributed by atoms with E-state index in [1.54, 1.807) is 36.2 Å². The Kier molecular flexibility index (Phi) is 4.98. The highest BCUT2D eigenvalue weighted by atomic mass is 16.4. The first-order valence-electron chi connectivity index (χ1n) is 7.11. The van der Waals surface area contributed by atoms with Crippen LogP contribution in [-0.2, 0) is 4.79 Å². The Hall–Kier alpha value is -2.57. The van der Waals surface area contributed by atoms with E-state index in [1.165, 1.54) is 4.90 Å². The Morgan fingerprint density at radius 1 is 1.41 bits per heavy atom. The number of nitrogens with one attached hydrogen (secondary N) is 1. The van der Waals surface area contributed by atoms with Crippen molar-refractivity contribution in [1.82, 2.24) is 10.2 Å². The summed E-state index contributed by atoms with van der Waals surface area (Å²) in [6, 6.07) is 6.64. The minimum Gasteiger partial charge on any atom is -0.481 e. The van der Waals surface area contributed by atoms with Crippen molar-refractivity contribution in [2.45, 2.75) is 12.8 Å². The molecule has 1 fully saturated rings. The zero-order valence-electron chi connectivity index (χ0n) is 12.4. The number of urea groups is 1. The molecule has 0 radical (unpaired) electrons. The van der Waals surface area contributed by atoms with E-state index < -0.39 is 5.97 Å². The maximum atomic E-state index is 12.3. The van der Waals surface area contributed by atoms with Gasteiger partial charge in [0.05, 0.1) is 6.42 Å². The van der Waals surface area contributed by atoms with Crippen LogP contribution in [0.15, 0.2) is 24.3 Å². The van der Waals surface area contributed by atoms with Gasteiger partial charge in [0.2, 0.25) is 0 Å². The van der Waals surface area contributed by atoms with Gasteiger partial charge in [0, 0.05) is 37.9 Å². The molecule has 22 heavy (non-hydrogen) atoms. The van der Waals surface area contributed by atoms with Crippen LogP contribution in [0.4, 0.5) is 10.5 Å². The van der Waals surface area contributed by atoms with Gasteiger partial charge in [-0.3, -0.25) is 14.5 Å². The third-order valence-electron chi connectivity index (χ3n) is 3.49. The highest BCUT2D eigenvalue weighted by molar-refractivity contribution is 5.98. The lowest BCUT2D eigenvalue weighted by Gasteiger charge is -2.28. The van der Waals surface area contributed by atoms with Crippen LogP contribution in [0, 0.1) is 0 Å². The van der Waals surface area contributed by atoms with E-state index >= 15 is 0 Å². The average Bonchev–Trinajstić information content (AvgIpc) is 2.52. The summed E-state index contributed by atoms with van der Waals surface area (Å²) in [5.41, 5.74) is 1.10. The second kappa shape index (κ2) is 6.93. The summed E-state index contributed by atoms with van der Waals surface area (Å²) in [4.78, 5) is 37.7. The Labute approximate surface area is 128 Å². The molecule has 2 N–H and O–H groups in total. The van der Waals surface area contributed by atoms with Gasteiger partial charge in [0.25, 0.3) is 5.91 Å². The number of amides is 3. The van der Waals surface area contributed by atoms with Crippen LogP contribution in [0.5, 0.6) is 0 Å². The summed E-state index contributed by atoms with van der Waals surface area (Å²) in [5.74, 6) is -1.21. The Morgan fingerprint density at radius 3 is 2.86 bits per heavy atom. The van der Waals surface area contributed by atoms with Crippen molar-refractivity contribution in [3.05, 3.63) is 29.8 Å². The van der Waals surface area contributed by atoms with Gasteiger partial charge in [-0.1, -0.05) is 6.07 Å². The molecule has 1 heterocycles. The molecule has 0 saturated carbocycles. The zero-order valence-corrected chi connectivity index (χ0v) is 12.4. The number of carbonyl (C=O) groups is 3. The number of carboxylic acids is 1. The van der Waals surface area contributed by atoms with E-state index in [9.17, 15) is 14.4 Å². The molecule has 7 nitrogen and oxygen atoms in total. The monoisotopic (exact) mass is 305 g/mol. The molecule has 118 valence electrons. The van der Waals surface area contributed by atoms with Crippen molar-refractivity contribution < 1.29 is 19.5 Å². The van der Waals surface area contributed by atoms with Crippen molar-refractivity contribution in [2.24, 2.45) is 0 Å². The fraction of sp³-hybridized carbons (Fsp3) is 0.400. The molecular weight excluding hydrogens is 286 g/mol. The first-order chi connectivity index (χ1) is 10.5. The first kappa shape index (κ1) is 15.8. The smallest absolute Gasteiger partial charge is 0.321 e. The molecule has 2 rings (SSSR count). The quantitative estimate of drug-likeness (QED) is 0.854. The van der Waals surface area contributed by atoms with Crippen LogP contribution in [0.3, 0.4) is 0 Å². The Balaban J connectivity index is 2.11. The topological polar surface area (TPSA) is 90.0 Å². The molecular formula is C15H19N3O4. The Bertz CT molecular complexity index is 588. The van der Waals surface area contributed by atoms with Gasteiger partial charge in [-0.15, -0.1) is 0 Å². The van der Waals surface area contributed by atoms with E-state index in [1.807, 2.05) is 0 Å². The van der Waals surface area contributed by atoms with Gasteiger partial charge in [-0.25, -0.2) is 4.79 Å². The number of carbonyl (C=O) groups excluding carboxylic acids is 2. The standard InChI is InChI=1S/C15H19N3O4/c1-17(9-6-13(19)20)14(21)11-4-2-5-12(10-11)18-8-3-7-16-15(18)22/h2,4-5,10H,3,6-9H2,1H3,(H,16,22)(H,19,20). The van der Waals surface area contributed by atoms with Crippen molar-refractivity contribution in [2.75, 3.05) is 31.6 Å². The molecule has 0 bridgehead atoms. The van der Waals surface area contributed by atoms with Crippen molar-refractivity contribution in [3.8, 4) is 0 Å². The summed E-state index contributed by atoms with van der Waals surface area (Å²) >= 11 is 0. The van der Waals surface area contributed by atoms with Crippen LogP contribution < -0.4 is 10.2 Å². The van der Waals surface area contributed by atoms with Gasteiger partial charge in [-0.2, -0.15) is 0 Å². The van der Waals surface area contributed by atoms with E-state index in [0.717, 1.165) is 6.42 Å². The lowest BCUT2D eigenvalue weighted by molar-refractivity contribution is -0.137. The predicted molar refractivity (Wildman–Crippen MR) is 81.0 cm³/mol. The molecule has 1 aromatic carbocycles. The number of aliphatic carboxylic acids is 1. The van der Waals surface area contributed by atoms with Crippen LogP contribution in [0.1, 0.15) is 23.2 Å².